The molecule has 1 rings (SSSR count). The van der Waals surface area contributed by atoms with E-state index in [0.29, 0.717) is 5.76 Å². The summed E-state index contributed by atoms with van der Waals surface area (Å²) in [4.78, 5) is 0. The van der Waals surface area contributed by atoms with Crippen molar-refractivity contribution >= 4 is 15.9 Å². The summed E-state index contributed by atoms with van der Waals surface area (Å²) in [6, 6.07) is 0. The molecule has 1 N–H and O–H groups in total. The maximum absolute atomic E-state index is 9.01. The van der Waals surface area contributed by atoms with E-state index in [2.05, 4.69) is 15.9 Å². The molecule has 0 aromatic heterocycles. The van der Waals surface area contributed by atoms with Crippen molar-refractivity contribution in [3.05, 3.63) is 10.2 Å². The Labute approximate surface area is 57.5 Å². The molecule has 0 spiro atoms. The Kier molecular flexibility index (Phi) is 1.95. The largest absolute Gasteiger partial charge is 0.511 e. The molecule has 0 aliphatic heterocycles. The number of allylic oxidation sites excluding steroid dienone is 2. The first kappa shape index (κ1) is 6.14. The topological polar surface area (TPSA) is 20.2 Å². The standard InChI is InChI=1S/C6H9BrO/c7-5-3-1-2-4-6(5)8/h8H,1-4H2. The summed E-state index contributed by atoms with van der Waals surface area (Å²) in [7, 11) is 0. The molecule has 1 nitrogen and oxygen atoms in total. The highest BCUT2D eigenvalue weighted by Crippen LogP contribution is 2.26. The summed E-state index contributed by atoms with van der Waals surface area (Å²) >= 11 is 3.28. The Morgan fingerprint density at radius 1 is 1.25 bits per heavy atom. The quantitative estimate of drug-likeness (QED) is 0.603. The summed E-state index contributed by atoms with van der Waals surface area (Å²) < 4.78 is 1.00. The maximum atomic E-state index is 9.01. The van der Waals surface area contributed by atoms with Crippen molar-refractivity contribution in [2.24, 2.45) is 0 Å². The van der Waals surface area contributed by atoms with E-state index < -0.39 is 0 Å². The second-order valence-electron chi connectivity index (χ2n) is 2.06. The van der Waals surface area contributed by atoms with Gasteiger partial charge >= 0.3 is 0 Å². The van der Waals surface area contributed by atoms with E-state index in [1.54, 1.807) is 0 Å². The van der Waals surface area contributed by atoms with Gasteiger partial charge in [0.05, 0.1) is 0 Å². The monoisotopic (exact) mass is 176 g/mol. The van der Waals surface area contributed by atoms with Crippen LogP contribution in [0.2, 0.25) is 0 Å². The molecule has 0 saturated carbocycles. The average molecular weight is 177 g/mol. The van der Waals surface area contributed by atoms with Crippen LogP contribution in [0, 0.1) is 0 Å². The normalized spacial score (nSPS) is 21.6. The van der Waals surface area contributed by atoms with Gasteiger partial charge in [-0.2, -0.15) is 0 Å². The van der Waals surface area contributed by atoms with E-state index in [0.717, 1.165) is 23.7 Å². The molecule has 46 valence electrons. The molecule has 0 radical (unpaired) electrons. The van der Waals surface area contributed by atoms with E-state index in [1.165, 1.54) is 6.42 Å². The van der Waals surface area contributed by atoms with Crippen LogP contribution in [0.3, 0.4) is 0 Å². The lowest BCUT2D eigenvalue weighted by Crippen LogP contribution is -1.93. The number of aliphatic hydroxyl groups excluding tert-OH is 1. The second kappa shape index (κ2) is 2.53. The van der Waals surface area contributed by atoms with Gasteiger partial charge in [-0.15, -0.1) is 0 Å². The number of aliphatic hydroxyl groups is 1. The van der Waals surface area contributed by atoms with Gasteiger partial charge in [0.25, 0.3) is 0 Å². The third-order valence-corrected chi connectivity index (χ3v) is 2.23. The van der Waals surface area contributed by atoms with E-state index in [1.807, 2.05) is 0 Å². The van der Waals surface area contributed by atoms with Crippen LogP contribution in [0.25, 0.3) is 0 Å². The third-order valence-electron chi connectivity index (χ3n) is 1.37. The SMILES string of the molecule is OC1=C(Br)CCCC1. The van der Waals surface area contributed by atoms with Gasteiger partial charge in [-0.25, -0.2) is 0 Å². The molecule has 2 heteroatoms. The van der Waals surface area contributed by atoms with Crippen LogP contribution in [0.4, 0.5) is 0 Å². The molecular formula is C6H9BrO. The van der Waals surface area contributed by atoms with Gasteiger partial charge in [-0.05, 0) is 19.3 Å². The molecular weight excluding hydrogens is 168 g/mol. The highest BCUT2D eigenvalue weighted by Gasteiger charge is 2.07. The molecule has 1 aliphatic rings. The number of hydrogen-bond acceptors (Lipinski definition) is 1. The van der Waals surface area contributed by atoms with Crippen LogP contribution in [0.1, 0.15) is 25.7 Å². The third kappa shape index (κ3) is 1.25. The van der Waals surface area contributed by atoms with Crippen molar-refractivity contribution in [2.45, 2.75) is 25.7 Å². The Morgan fingerprint density at radius 2 is 1.88 bits per heavy atom. The lowest BCUT2D eigenvalue weighted by atomic mass is 10.1. The van der Waals surface area contributed by atoms with E-state index in [4.69, 9.17) is 5.11 Å². The zero-order chi connectivity index (χ0) is 5.98. The highest BCUT2D eigenvalue weighted by atomic mass is 79.9. The molecule has 0 aromatic rings. The Hall–Kier alpha value is 0.0200. The Balaban J connectivity index is 2.60. The second-order valence-corrected chi connectivity index (χ2v) is 3.02. The molecule has 0 atom stereocenters. The molecule has 0 heterocycles. The van der Waals surface area contributed by atoms with Crippen LogP contribution in [0.15, 0.2) is 10.2 Å². The lowest BCUT2D eigenvalue weighted by molar-refractivity contribution is 0.366. The molecule has 8 heavy (non-hydrogen) atoms. The fraction of sp³-hybridized carbons (Fsp3) is 0.667. The van der Waals surface area contributed by atoms with Crippen molar-refractivity contribution in [1.82, 2.24) is 0 Å². The van der Waals surface area contributed by atoms with Crippen molar-refractivity contribution in [3.63, 3.8) is 0 Å². The molecule has 0 unspecified atom stereocenters. The predicted octanol–water partition coefficient (Wildman–Crippen LogP) is 2.72. The van der Waals surface area contributed by atoms with Gasteiger partial charge in [0.15, 0.2) is 0 Å². The maximum Gasteiger partial charge on any atom is 0.102 e. The van der Waals surface area contributed by atoms with Gasteiger partial charge in [0, 0.05) is 10.9 Å². The van der Waals surface area contributed by atoms with Crippen molar-refractivity contribution < 1.29 is 5.11 Å². The summed E-state index contributed by atoms with van der Waals surface area (Å²) in [6.07, 6.45) is 4.23. The fourth-order valence-electron chi connectivity index (χ4n) is 0.853. The van der Waals surface area contributed by atoms with Crippen molar-refractivity contribution in [2.75, 3.05) is 0 Å². The van der Waals surface area contributed by atoms with Crippen LogP contribution in [-0.2, 0) is 0 Å². The van der Waals surface area contributed by atoms with E-state index in [9.17, 15) is 0 Å². The molecule has 0 amide bonds. The predicted molar refractivity (Wildman–Crippen MR) is 37.0 cm³/mol. The van der Waals surface area contributed by atoms with E-state index in [-0.39, 0.29) is 0 Å². The van der Waals surface area contributed by atoms with Crippen LogP contribution >= 0.6 is 15.9 Å². The molecule has 0 fully saturated rings. The lowest BCUT2D eigenvalue weighted by Gasteiger charge is -2.09. The highest BCUT2D eigenvalue weighted by molar-refractivity contribution is 9.11. The minimum Gasteiger partial charge on any atom is -0.511 e. The van der Waals surface area contributed by atoms with Crippen LogP contribution in [-0.4, -0.2) is 5.11 Å². The molecule has 0 aromatic carbocycles. The van der Waals surface area contributed by atoms with Gasteiger partial charge in [-0.3, -0.25) is 0 Å². The first-order valence-electron chi connectivity index (χ1n) is 2.87. The number of hydrogen-bond donors (Lipinski definition) is 1. The fourth-order valence-corrected chi connectivity index (χ4v) is 1.33. The Morgan fingerprint density at radius 3 is 2.25 bits per heavy atom. The van der Waals surface area contributed by atoms with Crippen LogP contribution < -0.4 is 0 Å². The van der Waals surface area contributed by atoms with Gasteiger partial charge in [0.1, 0.15) is 5.76 Å². The smallest absolute Gasteiger partial charge is 0.102 e. The molecule has 0 saturated heterocycles. The van der Waals surface area contributed by atoms with E-state index >= 15 is 0 Å². The number of halogens is 1. The zero-order valence-corrected chi connectivity index (χ0v) is 6.24. The van der Waals surface area contributed by atoms with Gasteiger partial charge in [-0.1, -0.05) is 15.9 Å². The summed E-state index contributed by atoms with van der Waals surface area (Å²) in [6.45, 7) is 0. The average Bonchev–Trinajstić information content (AvgIpc) is 1.77. The first-order chi connectivity index (χ1) is 3.80. The first-order valence-corrected chi connectivity index (χ1v) is 3.66. The van der Waals surface area contributed by atoms with Gasteiger partial charge < -0.3 is 5.11 Å². The van der Waals surface area contributed by atoms with Gasteiger partial charge in [0.2, 0.25) is 0 Å². The molecule has 1 aliphatic carbocycles. The number of rotatable bonds is 0. The summed E-state index contributed by atoms with van der Waals surface area (Å²) in [5.74, 6) is 0.552. The molecule has 0 bridgehead atoms. The summed E-state index contributed by atoms with van der Waals surface area (Å²) in [5, 5.41) is 9.01. The zero-order valence-electron chi connectivity index (χ0n) is 4.65. The summed E-state index contributed by atoms with van der Waals surface area (Å²) in [5.41, 5.74) is 0. The Bertz CT molecular complexity index is 104. The van der Waals surface area contributed by atoms with Crippen molar-refractivity contribution in [3.8, 4) is 0 Å². The van der Waals surface area contributed by atoms with Crippen LogP contribution in [0.5, 0.6) is 0 Å². The minimum atomic E-state index is 0.552. The van der Waals surface area contributed by atoms with Crippen molar-refractivity contribution in [1.29, 1.82) is 0 Å². The minimum absolute atomic E-state index is 0.552.